The van der Waals surface area contributed by atoms with Crippen molar-refractivity contribution in [3.8, 4) is 0 Å². The first-order valence-corrected chi connectivity index (χ1v) is 8.92. The number of hydrogen-bond acceptors (Lipinski definition) is 5. The van der Waals surface area contributed by atoms with Gasteiger partial charge < -0.3 is 26.5 Å². The van der Waals surface area contributed by atoms with E-state index in [1.54, 1.807) is 12.1 Å². The second-order valence-electron chi connectivity index (χ2n) is 6.48. The van der Waals surface area contributed by atoms with Gasteiger partial charge in [-0.3, -0.25) is 4.79 Å². The summed E-state index contributed by atoms with van der Waals surface area (Å²) in [7, 11) is 0. The highest BCUT2D eigenvalue weighted by Gasteiger charge is 2.20. The summed E-state index contributed by atoms with van der Waals surface area (Å²) in [6.45, 7) is 5.52. The van der Waals surface area contributed by atoms with Gasteiger partial charge in [0.15, 0.2) is 5.83 Å². The first kappa shape index (κ1) is 20.1. The summed E-state index contributed by atoms with van der Waals surface area (Å²) in [5.41, 5.74) is 6.26. The Morgan fingerprint density at radius 3 is 2.69 bits per heavy atom. The van der Waals surface area contributed by atoms with Crippen molar-refractivity contribution in [2.45, 2.75) is 45.3 Å². The lowest BCUT2D eigenvalue weighted by Gasteiger charge is -2.29. The summed E-state index contributed by atoms with van der Waals surface area (Å²) < 4.78 is 19.9. The topological polar surface area (TPSA) is 100 Å². The number of benzene rings is 1. The van der Waals surface area contributed by atoms with Crippen molar-refractivity contribution in [2.75, 3.05) is 18.4 Å². The molecule has 1 aromatic carbocycles. The lowest BCUT2D eigenvalue weighted by molar-refractivity contribution is -0.113. The van der Waals surface area contributed by atoms with Crippen molar-refractivity contribution in [3.05, 3.63) is 41.4 Å². The van der Waals surface area contributed by atoms with Gasteiger partial charge in [0.2, 0.25) is 0 Å². The second-order valence-corrected chi connectivity index (χ2v) is 6.48. The number of allylic oxidation sites excluding steroid dienone is 1. The smallest absolute Gasteiger partial charge is 0.274 e. The van der Waals surface area contributed by atoms with Crippen molar-refractivity contribution < 1.29 is 13.9 Å². The number of carbonyl (C=O) groups is 1. The maximum absolute atomic E-state index is 14.1. The Morgan fingerprint density at radius 2 is 2.08 bits per heavy atom. The SMILES string of the molecule is CCCCC(=N)/C(F)=C(\N)C(=O)Nc1ccc([C@H]2CNC[C@@H](C)O2)cc1. The number of ether oxygens (including phenoxy) is 1. The van der Waals surface area contributed by atoms with Gasteiger partial charge in [0.05, 0.1) is 17.9 Å². The number of morpholine rings is 1. The van der Waals surface area contributed by atoms with Gasteiger partial charge in [0, 0.05) is 18.8 Å². The molecular weight excluding hydrogens is 335 g/mol. The predicted molar refractivity (Wildman–Crippen MR) is 101 cm³/mol. The molecule has 0 bridgehead atoms. The highest BCUT2D eigenvalue weighted by Crippen LogP contribution is 2.23. The molecule has 5 N–H and O–H groups in total. The Bertz CT molecular complexity index is 673. The Hall–Kier alpha value is -2.25. The van der Waals surface area contributed by atoms with Crippen LogP contribution in [0.25, 0.3) is 0 Å². The van der Waals surface area contributed by atoms with E-state index in [1.165, 1.54) is 0 Å². The Balaban J connectivity index is 1.99. The third-order valence-electron chi connectivity index (χ3n) is 4.22. The summed E-state index contributed by atoms with van der Waals surface area (Å²) in [5, 5.41) is 13.5. The van der Waals surface area contributed by atoms with Crippen LogP contribution in [-0.2, 0) is 9.53 Å². The quantitative estimate of drug-likeness (QED) is 0.442. The fraction of sp³-hybridized carbons (Fsp3) is 0.474. The molecule has 1 aromatic rings. The molecule has 26 heavy (non-hydrogen) atoms. The lowest BCUT2D eigenvalue weighted by atomic mass is 10.1. The molecule has 0 aliphatic carbocycles. The van der Waals surface area contributed by atoms with E-state index in [4.69, 9.17) is 15.9 Å². The fourth-order valence-corrected chi connectivity index (χ4v) is 2.70. The summed E-state index contributed by atoms with van der Waals surface area (Å²) >= 11 is 0. The van der Waals surface area contributed by atoms with Crippen LogP contribution in [0.3, 0.4) is 0 Å². The van der Waals surface area contributed by atoms with E-state index >= 15 is 0 Å². The van der Waals surface area contributed by atoms with E-state index in [2.05, 4.69) is 10.6 Å². The van der Waals surface area contributed by atoms with Crippen LogP contribution in [0, 0.1) is 5.41 Å². The Labute approximate surface area is 153 Å². The molecule has 0 aromatic heterocycles. The van der Waals surface area contributed by atoms with Crippen LogP contribution >= 0.6 is 0 Å². The lowest BCUT2D eigenvalue weighted by Crippen LogP contribution is -2.38. The average Bonchev–Trinajstić information content (AvgIpc) is 2.65. The normalized spacial score (nSPS) is 21.0. The summed E-state index contributed by atoms with van der Waals surface area (Å²) in [6.07, 6.45) is 1.89. The van der Waals surface area contributed by atoms with Crippen molar-refractivity contribution in [3.63, 3.8) is 0 Å². The number of hydrogen-bond donors (Lipinski definition) is 4. The number of rotatable bonds is 7. The van der Waals surface area contributed by atoms with Crippen molar-refractivity contribution >= 4 is 17.3 Å². The van der Waals surface area contributed by atoms with E-state index < -0.39 is 17.4 Å². The van der Waals surface area contributed by atoms with E-state index in [9.17, 15) is 9.18 Å². The molecule has 1 fully saturated rings. The number of halogens is 1. The van der Waals surface area contributed by atoms with Gasteiger partial charge in [0.25, 0.3) is 5.91 Å². The third-order valence-corrected chi connectivity index (χ3v) is 4.22. The summed E-state index contributed by atoms with van der Waals surface area (Å²) in [6, 6.07) is 7.17. The number of anilines is 1. The minimum absolute atomic E-state index is 0.0371. The van der Waals surface area contributed by atoms with E-state index in [-0.39, 0.29) is 24.3 Å². The molecule has 7 heteroatoms. The van der Waals surface area contributed by atoms with Crippen LogP contribution in [0.5, 0.6) is 0 Å². The zero-order valence-corrected chi connectivity index (χ0v) is 15.3. The standard InChI is InChI=1S/C19H27FN4O2/c1-3-4-5-15(21)17(20)18(22)19(25)24-14-8-6-13(7-9-14)16-11-23-10-12(2)26-16/h6-9,12,16,21,23H,3-5,10-11,22H2,1-2H3,(H,24,25)/b18-17+,21-15?/t12-,16-/m1/s1. The van der Waals surface area contributed by atoms with Gasteiger partial charge in [-0.2, -0.15) is 0 Å². The van der Waals surface area contributed by atoms with Gasteiger partial charge in [0.1, 0.15) is 5.70 Å². The number of nitrogens with one attached hydrogen (secondary N) is 3. The van der Waals surface area contributed by atoms with Crippen LogP contribution in [-0.4, -0.2) is 30.8 Å². The number of carbonyl (C=O) groups excluding carboxylic acids is 1. The number of amides is 1. The maximum atomic E-state index is 14.1. The molecular formula is C19H27FN4O2. The van der Waals surface area contributed by atoms with Gasteiger partial charge in [-0.1, -0.05) is 25.5 Å². The van der Waals surface area contributed by atoms with Gasteiger partial charge in [-0.15, -0.1) is 0 Å². The van der Waals surface area contributed by atoms with Crippen molar-refractivity contribution in [1.29, 1.82) is 5.41 Å². The Kier molecular flexibility index (Phi) is 7.29. The summed E-state index contributed by atoms with van der Waals surface area (Å²) in [5.74, 6) is -1.70. The van der Waals surface area contributed by atoms with Gasteiger partial charge >= 0.3 is 0 Å². The van der Waals surface area contributed by atoms with Crippen molar-refractivity contribution in [1.82, 2.24) is 5.32 Å². The third kappa shape index (κ3) is 5.37. The molecule has 1 aliphatic rings. The van der Waals surface area contributed by atoms with Gasteiger partial charge in [-0.05, 0) is 37.5 Å². The first-order chi connectivity index (χ1) is 12.4. The van der Waals surface area contributed by atoms with Crippen LogP contribution in [0.1, 0.15) is 44.8 Å². The molecule has 1 heterocycles. The van der Waals surface area contributed by atoms with E-state index in [0.717, 1.165) is 25.1 Å². The molecule has 0 unspecified atom stereocenters. The maximum Gasteiger partial charge on any atom is 0.274 e. The van der Waals surface area contributed by atoms with E-state index in [0.29, 0.717) is 12.1 Å². The van der Waals surface area contributed by atoms with Crippen LogP contribution in [0.2, 0.25) is 0 Å². The van der Waals surface area contributed by atoms with Crippen LogP contribution in [0.4, 0.5) is 10.1 Å². The molecule has 0 saturated carbocycles. The molecule has 1 saturated heterocycles. The highest BCUT2D eigenvalue weighted by atomic mass is 19.1. The molecule has 0 spiro atoms. The number of unbranched alkanes of at least 4 members (excludes halogenated alkanes) is 1. The molecule has 142 valence electrons. The zero-order chi connectivity index (χ0) is 19.1. The molecule has 2 atom stereocenters. The highest BCUT2D eigenvalue weighted by molar-refractivity contribution is 6.09. The summed E-state index contributed by atoms with van der Waals surface area (Å²) in [4.78, 5) is 12.1. The van der Waals surface area contributed by atoms with Crippen LogP contribution < -0.4 is 16.4 Å². The molecule has 0 radical (unpaired) electrons. The Morgan fingerprint density at radius 1 is 1.38 bits per heavy atom. The largest absolute Gasteiger partial charge is 0.392 e. The average molecular weight is 362 g/mol. The fourth-order valence-electron chi connectivity index (χ4n) is 2.70. The molecule has 6 nitrogen and oxygen atoms in total. The minimum atomic E-state index is -0.955. The van der Waals surface area contributed by atoms with Crippen molar-refractivity contribution in [2.24, 2.45) is 5.73 Å². The molecule has 1 aliphatic heterocycles. The van der Waals surface area contributed by atoms with E-state index in [1.807, 2.05) is 26.0 Å². The minimum Gasteiger partial charge on any atom is -0.392 e. The molecule has 2 rings (SSSR count). The zero-order valence-electron chi connectivity index (χ0n) is 15.3. The first-order valence-electron chi connectivity index (χ1n) is 8.92. The monoisotopic (exact) mass is 362 g/mol. The second kappa shape index (κ2) is 9.45. The van der Waals surface area contributed by atoms with Gasteiger partial charge in [-0.25, -0.2) is 4.39 Å². The van der Waals surface area contributed by atoms with Crippen LogP contribution in [0.15, 0.2) is 35.8 Å². The number of nitrogens with two attached hydrogens (primary N) is 1. The predicted octanol–water partition coefficient (Wildman–Crippen LogP) is 3.02. The molecule has 1 amide bonds.